The van der Waals surface area contributed by atoms with Gasteiger partial charge < -0.3 is 14.7 Å². The van der Waals surface area contributed by atoms with Crippen LogP contribution in [-0.2, 0) is 16.8 Å². The fraction of sp³-hybridized carbons (Fsp3) is 0.481. The summed E-state index contributed by atoms with van der Waals surface area (Å²) in [7, 11) is 0. The Kier molecular flexibility index (Phi) is 6.25. The van der Waals surface area contributed by atoms with E-state index in [9.17, 15) is 9.59 Å². The molecule has 1 saturated heterocycles. The molecule has 11 heteroatoms. The van der Waals surface area contributed by atoms with E-state index in [0.717, 1.165) is 49.5 Å². The van der Waals surface area contributed by atoms with E-state index < -0.39 is 0 Å². The van der Waals surface area contributed by atoms with Crippen LogP contribution in [0.5, 0.6) is 0 Å². The maximum atomic E-state index is 13.2. The predicted molar refractivity (Wildman–Crippen MR) is 145 cm³/mol. The average Bonchev–Trinajstić information content (AvgIpc) is 3.41. The van der Waals surface area contributed by atoms with Gasteiger partial charge in [-0.3, -0.25) is 14.2 Å². The summed E-state index contributed by atoms with van der Waals surface area (Å²) in [4.78, 5) is 41.3. The van der Waals surface area contributed by atoms with Crippen LogP contribution in [0.3, 0.4) is 0 Å². The number of anilines is 1. The molecule has 0 unspecified atom stereocenters. The van der Waals surface area contributed by atoms with E-state index in [-0.39, 0.29) is 29.3 Å². The van der Waals surface area contributed by atoms with Gasteiger partial charge in [-0.25, -0.2) is 4.98 Å². The first kappa shape index (κ1) is 24.7. The van der Waals surface area contributed by atoms with Gasteiger partial charge in [0.05, 0.1) is 0 Å². The summed E-state index contributed by atoms with van der Waals surface area (Å²) in [6.45, 7) is 8.10. The van der Waals surface area contributed by atoms with Gasteiger partial charge in [-0.1, -0.05) is 61.5 Å². The second-order valence-electron chi connectivity index (χ2n) is 11.2. The second kappa shape index (κ2) is 9.61. The Balaban J connectivity index is 1.14. The average molecular weight is 534 g/mol. The third kappa shape index (κ3) is 5.07. The largest absolute Gasteiger partial charge is 0.353 e. The Hall–Kier alpha value is -3.60. The molecule has 6 rings (SSSR count). The summed E-state index contributed by atoms with van der Waals surface area (Å²) >= 11 is 1.34. The second-order valence-corrected chi connectivity index (χ2v) is 12.2. The van der Waals surface area contributed by atoms with Crippen LogP contribution in [0.15, 0.2) is 39.9 Å². The Morgan fingerprint density at radius 3 is 2.53 bits per heavy atom. The number of benzene rings is 1. The minimum atomic E-state index is -0.188. The maximum absolute atomic E-state index is 13.2. The quantitative estimate of drug-likeness (QED) is 0.398. The van der Waals surface area contributed by atoms with E-state index in [4.69, 9.17) is 4.52 Å². The number of aromatic nitrogens is 5. The Bertz CT molecular complexity index is 1520. The smallest absolute Gasteiger partial charge is 0.273 e. The minimum Gasteiger partial charge on any atom is -0.353 e. The van der Waals surface area contributed by atoms with Gasteiger partial charge in [-0.2, -0.15) is 9.97 Å². The summed E-state index contributed by atoms with van der Waals surface area (Å²) < 4.78 is 7.41. The van der Waals surface area contributed by atoms with Gasteiger partial charge in [0.15, 0.2) is 10.8 Å². The molecule has 0 atom stereocenters. The summed E-state index contributed by atoms with van der Waals surface area (Å²) in [5.74, 6) is 1.04. The molecule has 1 aliphatic carbocycles. The molecule has 4 heterocycles. The number of hydrogen-bond acceptors (Lipinski definition) is 9. The molecule has 1 N–H and O–H groups in total. The Morgan fingerprint density at radius 1 is 1.11 bits per heavy atom. The third-order valence-electron chi connectivity index (χ3n) is 7.22. The van der Waals surface area contributed by atoms with E-state index in [0.29, 0.717) is 28.1 Å². The van der Waals surface area contributed by atoms with Gasteiger partial charge in [0.2, 0.25) is 17.6 Å². The molecule has 38 heavy (non-hydrogen) atoms. The highest BCUT2D eigenvalue weighted by molar-refractivity contribution is 7.22. The summed E-state index contributed by atoms with van der Waals surface area (Å²) in [5.41, 5.74) is 2.39. The molecule has 2 fully saturated rings. The first-order valence-corrected chi connectivity index (χ1v) is 13.9. The van der Waals surface area contributed by atoms with Crippen molar-refractivity contribution in [3.05, 3.63) is 52.4 Å². The van der Waals surface area contributed by atoms with Crippen LogP contribution in [0, 0.1) is 5.92 Å². The number of rotatable bonds is 6. The number of thiazole rings is 1. The first-order chi connectivity index (χ1) is 18.2. The third-order valence-corrected chi connectivity index (χ3v) is 8.31. The number of nitrogens with one attached hydrogen (secondary N) is 1. The van der Waals surface area contributed by atoms with E-state index in [1.165, 1.54) is 27.8 Å². The highest BCUT2D eigenvalue weighted by Crippen LogP contribution is 2.30. The minimum absolute atomic E-state index is 0.0484. The molecule has 1 aliphatic heterocycles. The van der Waals surface area contributed by atoms with Crippen molar-refractivity contribution in [3.63, 3.8) is 0 Å². The lowest BCUT2D eigenvalue weighted by Gasteiger charge is -2.30. The lowest BCUT2D eigenvalue weighted by molar-refractivity contribution is -0.125. The van der Waals surface area contributed by atoms with Gasteiger partial charge >= 0.3 is 0 Å². The molecule has 3 aromatic heterocycles. The zero-order chi connectivity index (χ0) is 26.4. The highest BCUT2D eigenvalue weighted by atomic mass is 32.1. The molecule has 1 saturated carbocycles. The number of amides is 1. The fourth-order valence-corrected chi connectivity index (χ4v) is 5.68. The van der Waals surface area contributed by atoms with Crippen molar-refractivity contribution < 1.29 is 9.32 Å². The van der Waals surface area contributed by atoms with Gasteiger partial charge in [0, 0.05) is 30.6 Å². The number of hydrogen-bond donors (Lipinski definition) is 1. The lowest BCUT2D eigenvalue weighted by atomic mass is 9.87. The number of fused-ring (bicyclic) bond motifs is 1. The zero-order valence-electron chi connectivity index (χ0n) is 21.8. The molecule has 1 amide bonds. The molecule has 0 bridgehead atoms. The fourth-order valence-electron chi connectivity index (χ4n) is 4.66. The van der Waals surface area contributed by atoms with Crippen molar-refractivity contribution in [1.82, 2.24) is 30.0 Å². The zero-order valence-corrected chi connectivity index (χ0v) is 22.6. The van der Waals surface area contributed by atoms with E-state index in [2.05, 4.69) is 63.2 Å². The van der Waals surface area contributed by atoms with Crippen molar-refractivity contribution in [1.29, 1.82) is 0 Å². The van der Waals surface area contributed by atoms with Crippen molar-refractivity contribution in [2.75, 3.05) is 18.0 Å². The molecular weight excluding hydrogens is 502 g/mol. The molecule has 2 aliphatic rings. The van der Waals surface area contributed by atoms with E-state index >= 15 is 0 Å². The van der Waals surface area contributed by atoms with Gasteiger partial charge in [0.1, 0.15) is 17.6 Å². The summed E-state index contributed by atoms with van der Waals surface area (Å²) in [6.07, 6.45) is 5.24. The van der Waals surface area contributed by atoms with Gasteiger partial charge in [0.25, 0.3) is 5.56 Å². The van der Waals surface area contributed by atoms with Crippen molar-refractivity contribution >= 4 is 32.7 Å². The van der Waals surface area contributed by atoms with E-state index in [1.54, 1.807) is 0 Å². The number of piperidine rings is 1. The normalized spacial score (nSPS) is 16.8. The molecule has 1 aromatic carbocycles. The monoisotopic (exact) mass is 533 g/mol. The van der Waals surface area contributed by atoms with Crippen LogP contribution in [0.2, 0.25) is 0 Å². The predicted octanol–water partition coefficient (Wildman–Crippen LogP) is 3.74. The van der Waals surface area contributed by atoms with Crippen LogP contribution < -0.4 is 15.8 Å². The standard InChI is InChI=1S/C27H31N7O3S/c1-27(2,3)18-6-4-16(5-7-18)22-30-20(37-32-22)14-34-15-28-23-21(25(34)36)38-26(31-23)33-12-10-17(11-13-33)24(35)29-19-8-9-19/h4-7,15,17,19H,8-14H2,1-3H3,(H,29,35). The van der Waals surface area contributed by atoms with Crippen LogP contribution in [0.25, 0.3) is 21.7 Å². The van der Waals surface area contributed by atoms with Gasteiger partial charge in [-0.15, -0.1) is 0 Å². The first-order valence-electron chi connectivity index (χ1n) is 13.1. The highest BCUT2D eigenvalue weighted by Gasteiger charge is 2.31. The molecule has 0 spiro atoms. The SMILES string of the molecule is CC(C)(C)c1ccc(-c2noc(Cn3cnc4nc(N5CCC(C(=O)NC6CC6)CC5)sc4c3=O)n2)cc1. The molecule has 198 valence electrons. The molecule has 0 radical (unpaired) electrons. The van der Waals surface area contributed by atoms with Crippen molar-refractivity contribution in [2.24, 2.45) is 5.92 Å². The maximum Gasteiger partial charge on any atom is 0.273 e. The summed E-state index contributed by atoms with van der Waals surface area (Å²) in [5, 5.41) is 7.98. The molecule has 4 aromatic rings. The number of nitrogens with zero attached hydrogens (tertiary/aromatic N) is 6. The number of carbonyl (C=O) groups excluding carboxylic acids is 1. The lowest BCUT2D eigenvalue weighted by Crippen LogP contribution is -2.41. The number of carbonyl (C=O) groups is 1. The van der Waals surface area contributed by atoms with Crippen LogP contribution in [-0.4, -0.2) is 49.7 Å². The molecular formula is C27H31N7O3S. The van der Waals surface area contributed by atoms with Crippen LogP contribution >= 0.6 is 11.3 Å². The van der Waals surface area contributed by atoms with Crippen molar-refractivity contribution in [2.45, 2.75) is 64.5 Å². The Morgan fingerprint density at radius 2 is 1.84 bits per heavy atom. The van der Waals surface area contributed by atoms with Crippen LogP contribution in [0.4, 0.5) is 5.13 Å². The van der Waals surface area contributed by atoms with Crippen molar-refractivity contribution in [3.8, 4) is 11.4 Å². The molecule has 10 nitrogen and oxygen atoms in total. The van der Waals surface area contributed by atoms with E-state index in [1.807, 2.05) is 12.1 Å². The topological polar surface area (TPSA) is 119 Å². The van der Waals surface area contributed by atoms with Crippen LogP contribution in [0.1, 0.15) is 57.9 Å². The van der Waals surface area contributed by atoms with Gasteiger partial charge in [-0.05, 0) is 36.7 Å². The Labute approximate surface area is 224 Å². The summed E-state index contributed by atoms with van der Waals surface area (Å²) in [6, 6.07) is 8.49.